The Morgan fingerprint density at radius 3 is 2.62 bits per heavy atom. The molecule has 1 N–H and O–H groups in total. The Balaban J connectivity index is 1.68. The van der Waals surface area contributed by atoms with Crippen molar-refractivity contribution in [1.82, 2.24) is 20.4 Å². The number of hydrogen-bond donors (Lipinski definition) is 1. The van der Waals surface area contributed by atoms with Crippen molar-refractivity contribution in [1.29, 1.82) is 0 Å². The standard InChI is InChI=1S/C19H19FN4O2/c1-24(2)17(14-9-6-10-15(20)11-14)18(25)21-12-16-22-23-19(26-16)13-7-4-3-5-8-13/h3-11,17H,12H2,1-2H3,(H,21,25)/t17-/m0/s1. The largest absolute Gasteiger partial charge is 0.419 e. The predicted octanol–water partition coefficient (Wildman–Crippen LogP) is 2.79. The number of carbonyl (C=O) groups is 1. The molecule has 1 amide bonds. The SMILES string of the molecule is CN(C)[C@H](C(=O)NCc1nnc(-c2ccccc2)o1)c1cccc(F)c1. The summed E-state index contributed by atoms with van der Waals surface area (Å²) in [6, 6.07) is 14.7. The van der Waals surface area contributed by atoms with Gasteiger partial charge in [-0.25, -0.2) is 4.39 Å². The molecule has 0 fully saturated rings. The molecule has 6 nitrogen and oxygen atoms in total. The average Bonchev–Trinajstić information content (AvgIpc) is 3.10. The maximum atomic E-state index is 13.5. The van der Waals surface area contributed by atoms with E-state index < -0.39 is 6.04 Å². The minimum Gasteiger partial charge on any atom is -0.419 e. The van der Waals surface area contributed by atoms with Crippen molar-refractivity contribution in [3.8, 4) is 11.5 Å². The van der Waals surface area contributed by atoms with E-state index in [2.05, 4.69) is 15.5 Å². The normalized spacial score (nSPS) is 12.2. The van der Waals surface area contributed by atoms with Crippen molar-refractivity contribution in [3.05, 3.63) is 71.9 Å². The highest BCUT2D eigenvalue weighted by molar-refractivity contribution is 5.83. The summed E-state index contributed by atoms with van der Waals surface area (Å²) in [4.78, 5) is 14.3. The number of nitrogens with one attached hydrogen (secondary N) is 1. The Labute approximate surface area is 150 Å². The molecule has 0 saturated heterocycles. The number of nitrogens with zero attached hydrogens (tertiary/aromatic N) is 3. The highest BCUT2D eigenvalue weighted by Gasteiger charge is 2.23. The van der Waals surface area contributed by atoms with E-state index in [-0.39, 0.29) is 18.3 Å². The first kappa shape index (κ1) is 17.8. The average molecular weight is 354 g/mol. The van der Waals surface area contributed by atoms with Crippen LogP contribution in [0.1, 0.15) is 17.5 Å². The minimum atomic E-state index is -0.623. The number of hydrogen-bond acceptors (Lipinski definition) is 5. The Hall–Kier alpha value is -3.06. The molecule has 3 aromatic rings. The van der Waals surface area contributed by atoms with Gasteiger partial charge in [0.05, 0.1) is 6.54 Å². The number of benzene rings is 2. The van der Waals surface area contributed by atoms with Gasteiger partial charge in [0, 0.05) is 5.56 Å². The Morgan fingerprint density at radius 2 is 1.92 bits per heavy atom. The van der Waals surface area contributed by atoms with Crippen molar-refractivity contribution in [2.45, 2.75) is 12.6 Å². The van der Waals surface area contributed by atoms with Crippen LogP contribution in [0.4, 0.5) is 4.39 Å². The molecular weight excluding hydrogens is 335 g/mol. The lowest BCUT2D eigenvalue weighted by molar-refractivity contribution is -0.126. The van der Waals surface area contributed by atoms with Crippen molar-refractivity contribution in [3.63, 3.8) is 0 Å². The second kappa shape index (κ2) is 7.88. The fourth-order valence-electron chi connectivity index (χ4n) is 2.64. The van der Waals surface area contributed by atoms with Crippen LogP contribution < -0.4 is 5.32 Å². The molecule has 1 atom stereocenters. The van der Waals surface area contributed by atoms with Crippen LogP contribution in [-0.4, -0.2) is 35.1 Å². The Kier molecular flexibility index (Phi) is 5.38. The lowest BCUT2D eigenvalue weighted by atomic mass is 10.1. The zero-order valence-electron chi connectivity index (χ0n) is 14.5. The van der Waals surface area contributed by atoms with Crippen LogP contribution in [-0.2, 0) is 11.3 Å². The van der Waals surface area contributed by atoms with E-state index in [1.807, 2.05) is 30.3 Å². The van der Waals surface area contributed by atoms with Crippen LogP contribution in [0.3, 0.4) is 0 Å². The van der Waals surface area contributed by atoms with Gasteiger partial charge in [-0.1, -0.05) is 30.3 Å². The third-order valence-corrected chi connectivity index (χ3v) is 3.83. The molecule has 1 aromatic heterocycles. The number of likely N-dealkylation sites (N-methyl/N-ethyl adjacent to an activating group) is 1. The second-order valence-electron chi connectivity index (χ2n) is 6.01. The summed E-state index contributed by atoms with van der Waals surface area (Å²) in [5.41, 5.74) is 1.38. The molecule has 0 radical (unpaired) electrons. The first-order valence-corrected chi connectivity index (χ1v) is 8.12. The third-order valence-electron chi connectivity index (χ3n) is 3.83. The predicted molar refractivity (Wildman–Crippen MR) is 94.4 cm³/mol. The monoisotopic (exact) mass is 354 g/mol. The molecule has 0 saturated carbocycles. The van der Waals surface area contributed by atoms with E-state index in [0.717, 1.165) is 5.56 Å². The van der Waals surface area contributed by atoms with Crippen LogP contribution in [0, 0.1) is 5.82 Å². The van der Waals surface area contributed by atoms with Crippen molar-refractivity contribution in [2.24, 2.45) is 0 Å². The highest BCUT2D eigenvalue weighted by atomic mass is 19.1. The van der Waals surface area contributed by atoms with E-state index in [1.54, 1.807) is 31.1 Å². The maximum Gasteiger partial charge on any atom is 0.247 e. The van der Waals surface area contributed by atoms with Gasteiger partial charge in [0.25, 0.3) is 0 Å². The molecule has 26 heavy (non-hydrogen) atoms. The smallest absolute Gasteiger partial charge is 0.247 e. The van der Waals surface area contributed by atoms with E-state index in [1.165, 1.54) is 12.1 Å². The molecular formula is C19H19FN4O2. The third kappa shape index (κ3) is 4.12. The highest BCUT2D eigenvalue weighted by Crippen LogP contribution is 2.20. The molecule has 0 aliphatic carbocycles. The first-order chi connectivity index (χ1) is 12.5. The summed E-state index contributed by atoms with van der Waals surface area (Å²) >= 11 is 0. The van der Waals surface area contributed by atoms with Crippen LogP contribution >= 0.6 is 0 Å². The minimum absolute atomic E-state index is 0.0956. The number of rotatable bonds is 6. The topological polar surface area (TPSA) is 71.3 Å². The lowest BCUT2D eigenvalue weighted by Gasteiger charge is -2.23. The summed E-state index contributed by atoms with van der Waals surface area (Å²) in [6.07, 6.45) is 0. The van der Waals surface area contributed by atoms with Gasteiger partial charge in [0.15, 0.2) is 0 Å². The van der Waals surface area contributed by atoms with Gasteiger partial charge in [-0.3, -0.25) is 9.69 Å². The van der Waals surface area contributed by atoms with Gasteiger partial charge in [0.2, 0.25) is 17.7 Å². The van der Waals surface area contributed by atoms with Gasteiger partial charge in [0.1, 0.15) is 11.9 Å². The van der Waals surface area contributed by atoms with E-state index in [9.17, 15) is 9.18 Å². The number of carbonyl (C=O) groups excluding carboxylic acids is 1. The van der Waals surface area contributed by atoms with Crippen molar-refractivity contribution < 1.29 is 13.6 Å². The van der Waals surface area contributed by atoms with Gasteiger partial charge >= 0.3 is 0 Å². The van der Waals surface area contributed by atoms with Gasteiger partial charge in [-0.2, -0.15) is 0 Å². The molecule has 7 heteroatoms. The maximum absolute atomic E-state index is 13.5. The molecule has 0 aliphatic rings. The summed E-state index contributed by atoms with van der Waals surface area (Å²) in [5.74, 6) is 0.0321. The fourth-order valence-corrected chi connectivity index (χ4v) is 2.64. The van der Waals surface area contributed by atoms with Crippen LogP contribution in [0.25, 0.3) is 11.5 Å². The number of aromatic nitrogens is 2. The second-order valence-corrected chi connectivity index (χ2v) is 6.01. The Morgan fingerprint density at radius 1 is 1.15 bits per heavy atom. The van der Waals surface area contributed by atoms with Crippen LogP contribution in [0.15, 0.2) is 59.0 Å². The molecule has 0 aliphatic heterocycles. The van der Waals surface area contributed by atoms with E-state index >= 15 is 0 Å². The summed E-state index contributed by atoms with van der Waals surface area (Å²) in [6.45, 7) is 0.0956. The molecule has 3 rings (SSSR count). The fraction of sp³-hybridized carbons (Fsp3) is 0.211. The summed E-state index contributed by atoms with van der Waals surface area (Å²) in [7, 11) is 3.52. The van der Waals surface area contributed by atoms with Crippen molar-refractivity contribution >= 4 is 5.91 Å². The molecule has 0 spiro atoms. The van der Waals surface area contributed by atoms with E-state index in [0.29, 0.717) is 17.3 Å². The molecule has 1 heterocycles. The molecule has 134 valence electrons. The number of halogens is 1. The van der Waals surface area contributed by atoms with Gasteiger partial charge in [-0.05, 0) is 43.9 Å². The van der Waals surface area contributed by atoms with Gasteiger partial charge < -0.3 is 9.73 Å². The van der Waals surface area contributed by atoms with E-state index in [4.69, 9.17) is 4.42 Å². The zero-order valence-corrected chi connectivity index (χ0v) is 14.5. The molecule has 2 aromatic carbocycles. The molecule has 0 bridgehead atoms. The van der Waals surface area contributed by atoms with Crippen molar-refractivity contribution in [2.75, 3.05) is 14.1 Å². The summed E-state index contributed by atoms with van der Waals surface area (Å²) < 4.78 is 19.1. The lowest BCUT2D eigenvalue weighted by Crippen LogP contribution is -2.36. The zero-order chi connectivity index (χ0) is 18.5. The first-order valence-electron chi connectivity index (χ1n) is 8.12. The van der Waals surface area contributed by atoms with Crippen LogP contribution in [0.5, 0.6) is 0 Å². The van der Waals surface area contributed by atoms with Crippen LogP contribution in [0.2, 0.25) is 0 Å². The number of amides is 1. The summed E-state index contributed by atoms with van der Waals surface area (Å²) in [5, 5.41) is 10.7. The molecule has 0 unspecified atom stereocenters. The quantitative estimate of drug-likeness (QED) is 0.737. The van der Waals surface area contributed by atoms with Gasteiger partial charge in [-0.15, -0.1) is 10.2 Å². The Bertz CT molecular complexity index is 880.